The Kier molecular flexibility index (Phi) is 6.00. The number of aliphatic carboxylic acids is 1. The number of amides is 1. The standard InChI is InChI=1S/C23H21N3O5S/c1-13-2-5-15(6-3-13)17-7-4-14(8-24-17)10-26-18-12-32-11-16(18)21(29)20(23(26)31)22(30)25-9-19(27)28/h2-8,29H,9-12H2,1H3,(H,25,30)(H,27,28)/p+1. The van der Waals surface area contributed by atoms with Crippen LogP contribution in [-0.4, -0.2) is 33.2 Å². The number of hydrogen-bond acceptors (Lipinski definition) is 5. The molecule has 0 saturated heterocycles. The number of aryl methyl sites for hydroxylation is 1. The minimum atomic E-state index is -1.24. The van der Waals surface area contributed by atoms with Gasteiger partial charge in [0.05, 0.1) is 6.54 Å². The maximum absolute atomic E-state index is 13.1. The largest absolute Gasteiger partial charge is 0.507 e. The van der Waals surface area contributed by atoms with Gasteiger partial charge < -0.3 is 20.1 Å². The third kappa shape index (κ3) is 4.24. The van der Waals surface area contributed by atoms with Crippen molar-refractivity contribution in [2.24, 2.45) is 0 Å². The van der Waals surface area contributed by atoms with E-state index in [1.54, 1.807) is 0 Å². The average Bonchev–Trinajstić information content (AvgIpc) is 3.26. The van der Waals surface area contributed by atoms with Gasteiger partial charge in [0.1, 0.15) is 17.9 Å². The van der Waals surface area contributed by atoms with Crippen LogP contribution in [0.1, 0.15) is 32.7 Å². The summed E-state index contributed by atoms with van der Waals surface area (Å²) in [5.74, 6) is -1.49. The zero-order valence-electron chi connectivity index (χ0n) is 17.3. The number of carbonyl (C=O) groups excluding carboxylic acids is 1. The van der Waals surface area contributed by atoms with Crippen molar-refractivity contribution < 1.29 is 24.8 Å². The normalized spacial score (nSPS) is 12.4. The van der Waals surface area contributed by atoms with Gasteiger partial charge in [0, 0.05) is 40.0 Å². The van der Waals surface area contributed by atoms with E-state index >= 15 is 0 Å². The molecule has 9 heteroatoms. The zero-order chi connectivity index (χ0) is 22.8. The second-order valence-electron chi connectivity index (χ2n) is 7.59. The molecular formula is C23H22N3O5S+. The Morgan fingerprint density at radius 3 is 2.56 bits per heavy atom. The molecule has 164 valence electrons. The molecule has 32 heavy (non-hydrogen) atoms. The van der Waals surface area contributed by atoms with E-state index in [2.05, 4.69) is 10.3 Å². The summed E-state index contributed by atoms with van der Waals surface area (Å²) in [6.45, 7) is 1.60. The van der Waals surface area contributed by atoms with E-state index in [4.69, 9.17) is 5.11 Å². The maximum atomic E-state index is 13.1. The number of carboxylic acids is 1. The number of rotatable bonds is 6. The molecule has 0 bridgehead atoms. The number of aromatic nitrogens is 2. The molecule has 2 aromatic heterocycles. The molecule has 4 rings (SSSR count). The topological polar surface area (TPSA) is 123 Å². The summed E-state index contributed by atoms with van der Waals surface area (Å²) in [5.41, 5.74) is 4.11. The number of carbonyl (C=O) groups is 2. The second kappa shape index (κ2) is 8.88. The Morgan fingerprint density at radius 1 is 1.16 bits per heavy atom. The van der Waals surface area contributed by atoms with E-state index in [1.165, 1.54) is 21.9 Å². The molecule has 0 aliphatic carbocycles. The zero-order valence-corrected chi connectivity index (χ0v) is 18.2. The van der Waals surface area contributed by atoms with Gasteiger partial charge in [-0.25, -0.2) is 4.98 Å². The number of carboxylic acid groups (broad SMARTS) is 1. The van der Waals surface area contributed by atoms with E-state index < -0.39 is 29.5 Å². The molecule has 0 saturated carbocycles. The average molecular weight is 453 g/mol. The number of nitrogens with zero attached hydrogens (tertiary/aromatic N) is 1. The molecule has 0 fully saturated rings. The third-order valence-electron chi connectivity index (χ3n) is 5.35. The summed E-state index contributed by atoms with van der Waals surface area (Å²) in [7, 11) is 0. The van der Waals surface area contributed by atoms with E-state index in [1.807, 2.05) is 49.5 Å². The quantitative estimate of drug-likeness (QED) is 0.525. The lowest BCUT2D eigenvalue weighted by Crippen LogP contribution is -2.37. The molecule has 8 nitrogen and oxygen atoms in total. The van der Waals surface area contributed by atoms with Crippen molar-refractivity contribution in [3.63, 3.8) is 0 Å². The van der Waals surface area contributed by atoms with Crippen molar-refractivity contribution in [1.29, 1.82) is 0 Å². The molecule has 0 radical (unpaired) electrons. The van der Waals surface area contributed by atoms with E-state index in [-0.39, 0.29) is 12.3 Å². The lowest BCUT2D eigenvalue weighted by Gasteiger charge is -2.15. The number of nitrogens with one attached hydrogen (secondary N) is 2. The van der Waals surface area contributed by atoms with Crippen LogP contribution < -0.4 is 15.9 Å². The lowest BCUT2D eigenvalue weighted by atomic mass is 10.1. The molecule has 1 aliphatic heterocycles. The Hall–Kier alpha value is -3.59. The van der Waals surface area contributed by atoms with E-state index in [0.29, 0.717) is 22.8 Å². The van der Waals surface area contributed by atoms with Crippen LogP contribution in [0, 0.1) is 6.92 Å². The second-order valence-corrected chi connectivity index (χ2v) is 8.57. The van der Waals surface area contributed by atoms with Gasteiger partial charge >= 0.3 is 5.97 Å². The Bertz CT molecular complexity index is 1250. The number of aromatic amines is 1. The van der Waals surface area contributed by atoms with Gasteiger partial charge in [-0.2, -0.15) is 11.8 Å². The predicted molar refractivity (Wildman–Crippen MR) is 120 cm³/mol. The summed E-state index contributed by atoms with van der Waals surface area (Å²) in [5, 5.41) is 21.5. The number of fused-ring (bicyclic) bond motifs is 1. The molecule has 3 aromatic rings. The molecule has 1 aromatic carbocycles. The van der Waals surface area contributed by atoms with Crippen molar-refractivity contribution in [1.82, 2.24) is 9.88 Å². The number of aromatic hydroxyl groups is 1. The van der Waals surface area contributed by atoms with Crippen LogP contribution in [0.2, 0.25) is 0 Å². The smallest absolute Gasteiger partial charge is 0.322 e. The van der Waals surface area contributed by atoms with Crippen LogP contribution in [0.3, 0.4) is 0 Å². The fraction of sp³-hybridized carbons (Fsp3) is 0.217. The van der Waals surface area contributed by atoms with Gasteiger partial charge in [-0.15, -0.1) is 0 Å². The number of thioether (sulfide) groups is 1. The third-order valence-corrected chi connectivity index (χ3v) is 6.32. The van der Waals surface area contributed by atoms with Gasteiger partial charge in [-0.1, -0.05) is 17.7 Å². The maximum Gasteiger partial charge on any atom is 0.322 e. The summed E-state index contributed by atoms with van der Waals surface area (Å²) < 4.78 is 1.49. The number of hydrogen-bond donors (Lipinski definition) is 3. The van der Waals surface area contributed by atoms with Gasteiger partial charge in [0.2, 0.25) is 5.69 Å². The molecule has 3 heterocycles. The highest BCUT2D eigenvalue weighted by atomic mass is 32.2. The molecule has 1 aliphatic rings. The van der Waals surface area contributed by atoms with Crippen LogP contribution in [0.4, 0.5) is 0 Å². The monoisotopic (exact) mass is 452 g/mol. The molecule has 1 amide bonds. The number of H-pyrrole nitrogens is 1. The van der Waals surface area contributed by atoms with Crippen LogP contribution in [0.15, 0.2) is 47.4 Å². The minimum absolute atomic E-state index is 0.214. The van der Waals surface area contributed by atoms with Crippen LogP contribution in [0.25, 0.3) is 11.3 Å². The molecule has 4 N–H and O–H groups in total. The first-order chi connectivity index (χ1) is 15.3. The number of benzene rings is 1. The Labute approximate surface area is 187 Å². The van der Waals surface area contributed by atoms with Crippen LogP contribution in [0.5, 0.6) is 5.75 Å². The first-order valence-corrected chi connectivity index (χ1v) is 11.1. The predicted octanol–water partition coefficient (Wildman–Crippen LogP) is 1.95. The fourth-order valence-electron chi connectivity index (χ4n) is 3.64. The highest BCUT2D eigenvalue weighted by molar-refractivity contribution is 7.98. The first kappa shape index (κ1) is 21.6. The van der Waals surface area contributed by atoms with Crippen molar-refractivity contribution in [2.45, 2.75) is 25.0 Å². The van der Waals surface area contributed by atoms with E-state index in [0.717, 1.165) is 16.8 Å². The molecule has 0 atom stereocenters. The van der Waals surface area contributed by atoms with Crippen LogP contribution in [-0.2, 0) is 22.8 Å². The summed E-state index contributed by atoms with van der Waals surface area (Å²) in [6, 6.07) is 12.0. The fourth-order valence-corrected chi connectivity index (χ4v) is 4.78. The summed E-state index contributed by atoms with van der Waals surface area (Å²) >= 11 is 1.54. The van der Waals surface area contributed by atoms with Gasteiger partial charge in [0.25, 0.3) is 11.5 Å². The Balaban J connectivity index is 1.68. The van der Waals surface area contributed by atoms with Crippen molar-refractivity contribution in [3.8, 4) is 17.0 Å². The van der Waals surface area contributed by atoms with Gasteiger partial charge in [-0.05, 0) is 25.1 Å². The van der Waals surface area contributed by atoms with Gasteiger partial charge in [-0.3, -0.25) is 14.4 Å². The minimum Gasteiger partial charge on any atom is -0.507 e. The molecule has 0 spiro atoms. The van der Waals surface area contributed by atoms with E-state index in [9.17, 15) is 19.5 Å². The van der Waals surface area contributed by atoms with Crippen molar-refractivity contribution in [3.05, 3.63) is 80.9 Å². The van der Waals surface area contributed by atoms with Crippen LogP contribution >= 0.6 is 11.8 Å². The Morgan fingerprint density at radius 2 is 1.91 bits per heavy atom. The van der Waals surface area contributed by atoms with Crippen molar-refractivity contribution in [2.75, 3.05) is 6.54 Å². The molecular weight excluding hydrogens is 430 g/mol. The molecule has 0 unspecified atom stereocenters. The SMILES string of the molecule is Cc1ccc(-c2ccc(Cn3c4c(c(O)c(C(=O)NCC(=O)O)c3=O)CSC4)c[nH+]2)cc1. The highest BCUT2D eigenvalue weighted by Crippen LogP contribution is 2.36. The summed E-state index contributed by atoms with van der Waals surface area (Å²) in [4.78, 5) is 39.6. The highest BCUT2D eigenvalue weighted by Gasteiger charge is 2.29. The van der Waals surface area contributed by atoms with Crippen molar-refractivity contribution >= 4 is 23.6 Å². The first-order valence-electron chi connectivity index (χ1n) is 9.98. The van der Waals surface area contributed by atoms with Gasteiger partial charge in [0.15, 0.2) is 6.20 Å². The number of pyridine rings is 2. The lowest BCUT2D eigenvalue weighted by molar-refractivity contribution is -0.365. The summed E-state index contributed by atoms with van der Waals surface area (Å²) in [6.07, 6.45) is 1.81.